The van der Waals surface area contributed by atoms with Crippen LogP contribution in [0.5, 0.6) is 12.0 Å². The van der Waals surface area contributed by atoms with Crippen molar-refractivity contribution in [2.24, 2.45) is 0 Å². The van der Waals surface area contributed by atoms with Gasteiger partial charge in [0.1, 0.15) is 0 Å². The predicted molar refractivity (Wildman–Crippen MR) is 74.4 cm³/mol. The Bertz CT molecular complexity index is 455. The molecular weight excluding hydrogens is 307 g/mol. The molecule has 0 aromatic carbocycles. The molecule has 0 N–H and O–H groups in total. The fourth-order valence-corrected chi connectivity index (χ4v) is 2.32. The first-order valence-electron chi connectivity index (χ1n) is 6.82. The van der Waals surface area contributed by atoms with E-state index in [9.17, 15) is 17.3 Å². The summed E-state index contributed by atoms with van der Waals surface area (Å²) in [6, 6.07) is 0.648. The Kier molecular flexibility index (Phi) is 6.33. The number of methoxy groups -OCH3 is 2. The summed E-state index contributed by atoms with van der Waals surface area (Å²) in [5.41, 5.74) is 0. The van der Waals surface area contributed by atoms with Crippen LogP contribution in [0.1, 0.15) is 19.8 Å². The maximum Gasteiger partial charge on any atom is 0.673 e. The zero-order chi connectivity index (χ0) is 16.8. The Morgan fingerprint density at radius 1 is 0.955 bits per heavy atom. The Morgan fingerprint density at radius 2 is 1.36 bits per heavy atom. The molecule has 11 heteroatoms. The third kappa shape index (κ3) is 5.28. The molecule has 0 atom stereocenters. The molecule has 0 aliphatic carbocycles. The maximum absolute atomic E-state index is 9.75. The van der Waals surface area contributed by atoms with Crippen molar-refractivity contribution in [1.82, 2.24) is 19.4 Å². The van der Waals surface area contributed by atoms with Gasteiger partial charge in [-0.05, 0) is 6.92 Å². The zero-order valence-corrected chi connectivity index (χ0v) is 12.7. The summed E-state index contributed by atoms with van der Waals surface area (Å²) in [6.45, 7) is 5.30. The molecule has 0 saturated carbocycles. The molecule has 1 saturated heterocycles. The van der Waals surface area contributed by atoms with E-state index in [-0.39, 0.29) is 0 Å². The molecule has 1 aromatic rings. The van der Waals surface area contributed by atoms with E-state index >= 15 is 0 Å². The van der Waals surface area contributed by atoms with E-state index in [1.54, 1.807) is 14.2 Å². The largest absolute Gasteiger partial charge is 0.673 e. The lowest BCUT2D eigenvalue weighted by atomic mass is 10.3. The van der Waals surface area contributed by atoms with Crippen LogP contribution in [0.4, 0.5) is 23.2 Å². The highest BCUT2D eigenvalue weighted by atomic mass is 19.5. The molecule has 0 bridgehead atoms. The fourth-order valence-electron chi connectivity index (χ4n) is 2.32. The van der Waals surface area contributed by atoms with Crippen LogP contribution in [0.15, 0.2) is 0 Å². The van der Waals surface area contributed by atoms with Crippen molar-refractivity contribution < 1.29 is 26.7 Å². The highest BCUT2D eigenvalue weighted by molar-refractivity contribution is 6.50. The van der Waals surface area contributed by atoms with E-state index in [1.165, 1.54) is 12.8 Å². The Morgan fingerprint density at radius 3 is 1.68 bits per heavy atom. The summed E-state index contributed by atoms with van der Waals surface area (Å²) in [6.07, 6.45) is 2.42. The third-order valence-electron chi connectivity index (χ3n) is 3.40. The van der Waals surface area contributed by atoms with Crippen LogP contribution in [0.25, 0.3) is 0 Å². The molecule has 0 unspecified atom stereocenters. The van der Waals surface area contributed by atoms with Gasteiger partial charge in [0, 0.05) is 12.8 Å². The Labute approximate surface area is 126 Å². The van der Waals surface area contributed by atoms with Gasteiger partial charge in [-0.3, -0.25) is 4.48 Å². The Balaban J connectivity index is 0.000000422. The quantitative estimate of drug-likeness (QED) is 0.483. The van der Waals surface area contributed by atoms with E-state index in [0.717, 1.165) is 30.1 Å². The van der Waals surface area contributed by atoms with Gasteiger partial charge in [0.25, 0.3) is 0 Å². The molecule has 1 aromatic heterocycles. The van der Waals surface area contributed by atoms with Crippen molar-refractivity contribution in [3.63, 3.8) is 0 Å². The average molecular weight is 326 g/mol. The van der Waals surface area contributed by atoms with Crippen molar-refractivity contribution in [2.45, 2.75) is 19.8 Å². The minimum absolute atomic E-state index is 0.324. The highest BCUT2D eigenvalue weighted by Gasteiger charge is 2.36. The summed E-state index contributed by atoms with van der Waals surface area (Å²) in [4.78, 5) is 12.8. The topological polar surface area (TPSA) is 57.1 Å². The molecular formula is C11H19BF4N4O2. The number of hydrogen-bond donors (Lipinski definition) is 0. The smallest absolute Gasteiger partial charge is 0.466 e. The van der Waals surface area contributed by atoms with Crippen LogP contribution >= 0.6 is 0 Å². The van der Waals surface area contributed by atoms with Gasteiger partial charge in [0.15, 0.2) is 0 Å². The monoisotopic (exact) mass is 326 g/mol. The number of ether oxygens (including phenoxy) is 2. The third-order valence-corrected chi connectivity index (χ3v) is 3.40. The number of quaternary nitrogens is 1. The van der Waals surface area contributed by atoms with Crippen LogP contribution in [0, 0.1) is 0 Å². The minimum atomic E-state index is -6.00. The normalized spacial score (nSPS) is 16.7. The van der Waals surface area contributed by atoms with Crippen LogP contribution in [0.2, 0.25) is 0 Å². The Hall–Kier alpha value is -1.65. The number of hydrogen-bond acceptors (Lipinski definition) is 5. The van der Waals surface area contributed by atoms with Crippen molar-refractivity contribution in [1.29, 1.82) is 0 Å². The van der Waals surface area contributed by atoms with Gasteiger partial charge in [0.05, 0.1) is 33.9 Å². The summed E-state index contributed by atoms with van der Waals surface area (Å²) >= 11 is 0. The molecule has 2 rings (SSSR count). The number of nitrogens with zero attached hydrogens (tertiary/aromatic N) is 4. The van der Waals surface area contributed by atoms with Gasteiger partial charge in [-0.2, -0.15) is 0 Å². The molecule has 1 aliphatic rings. The lowest BCUT2D eigenvalue weighted by molar-refractivity contribution is 0.298. The number of halogens is 4. The maximum atomic E-state index is 9.75. The van der Waals surface area contributed by atoms with Crippen LogP contribution in [-0.2, 0) is 0 Å². The molecule has 126 valence electrons. The SMILES string of the molecule is CC[N+]1(c2nc(OC)nc(OC)n2)CCCC1.F[B-](F)(F)F. The molecule has 6 nitrogen and oxygen atoms in total. The number of likely N-dealkylation sites (tertiary alicyclic amines) is 1. The fraction of sp³-hybridized carbons (Fsp3) is 0.727. The van der Waals surface area contributed by atoms with Crippen LogP contribution < -0.4 is 14.0 Å². The van der Waals surface area contributed by atoms with E-state index in [1.807, 2.05) is 0 Å². The van der Waals surface area contributed by atoms with Gasteiger partial charge in [-0.15, -0.1) is 15.0 Å². The molecule has 0 amide bonds. The lowest BCUT2D eigenvalue weighted by Crippen LogP contribution is -2.47. The van der Waals surface area contributed by atoms with Crippen LogP contribution in [0.3, 0.4) is 0 Å². The molecule has 1 fully saturated rings. The average Bonchev–Trinajstić information content (AvgIpc) is 2.95. The molecule has 22 heavy (non-hydrogen) atoms. The van der Waals surface area contributed by atoms with Gasteiger partial charge in [-0.25, -0.2) is 0 Å². The van der Waals surface area contributed by atoms with Gasteiger partial charge < -0.3 is 26.7 Å². The predicted octanol–water partition coefficient (Wildman–Crippen LogP) is 2.31. The summed E-state index contributed by atoms with van der Waals surface area (Å²) in [5, 5.41) is 0. The van der Waals surface area contributed by atoms with E-state index < -0.39 is 7.25 Å². The van der Waals surface area contributed by atoms with Gasteiger partial charge >= 0.3 is 25.2 Å². The van der Waals surface area contributed by atoms with E-state index in [0.29, 0.717) is 12.0 Å². The lowest BCUT2D eigenvalue weighted by Gasteiger charge is -2.29. The standard InChI is InChI=1S/C11H19N4O2.BF4/c1-4-15(7-5-6-8-15)9-12-10(16-2)14-11(13-9)17-3;2-1(3,4)5/h4-8H2,1-3H3;/q+1;-1. The first kappa shape index (κ1) is 18.4. The first-order chi connectivity index (χ1) is 10.2. The number of aromatic nitrogens is 3. The molecule has 1 aliphatic heterocycles. The molecule has 0 spiro atoms. The second-order valence-corrected chi connectivity index (χ2v) is 4.72. The highest BCUT2D eigenvalue weighted by Crippen LogP contribution is 2.27. The first-order valence-corrected chi connectivity index (χ1v) is 6.82. The second kappa shape index (κ2) is 7.57. The molecule has 0 radical (unpaired) electrons. The van der Waals surface area contributed by atoms with Crippen molar-refractivity contribution in [2.75, 3.05) is 33.9 Å². The van der Waals surface area contributed by atoms with Gasteiger partial charge in [0.2, 0.25) is 0 Å². The van der Waals surface area contributed by atoms with E-state index in [2.05, 4.69) is 21.9 Å². The number of rotatable bonds is 4. The summed E-state index contributed by atoms with van der Waals surface area (Å²) in [7, 11) is -2.89. The minimum Gasteiger partial charge on any atom is -0.466 e. The summed E-state index contributed by atoms with van der Waals surface area (Å²) in [5.74, 6) is 0.758. The van der Waals surface area contributed by atoms with Crippen molar-refractivity contribution >= 4 is 13.2 Å². The van der Waals surface area contributed by atoms with Crippen molar-refractivity contribution in [3.05, 3.63) is 0 Å². The van der Waals surface area contributed by atoms with Crippen molar-refractivity contribution in [3.8, 4) is 12.0 Å². The zero-order valence-electron chi connectivity index (χ0n) is 12.7. The molecule has 2 heterocycles. The summed E-state index contributed by atoms with van der Waals surface area (Å²) < 4.78 is 50.0. The van der Waals surface area contributed by atoms with E-state index in [4.69, 9.17) is 9.47 Å². The van der Waals surface area contributed by atoms with Crippen LogP contribution in [-0.4, -0.2) is 56.1 Å². The van der Waals surface area contributed by atoms with Gasteiger partial charge in [-0.1, -0.05) is 0 Å². The second-order valence-electron chi connectivity index (χ2n) is 4.72.